The fraction of sp³-hybridized carbons (Fsp3) is 0.250. The molecule has 0 heterocycles. The highest BCUT2D eigenvalue weighted by Gasteiger charge is 2.18. The van der Waals surface area contributed by atoms with Gasteiger partial charge >= 0.3 is 0 Å². The minimum absolute atomic E-state index is 0.0271. The molecule has 0 aliphatic carbocycles. The maximum absolute atomic E-state index is 11.2. The van der Waals surface area contributed by atoms with Crippen molar-refractivity contribution in [1.29, 1.82) is 0 Å². The first-order chi connectivity index (χ1) is 10.6. The Kier molecular flexibility index (Phi) is 5.91. The topological polar surface area (TPSA) is 75.4 Å². The number of halogens is 1. The number of aliphatic hydroxyl groups is 1. The molecule has 0 fully saturated rings. The summed E-state index contributed by atoms with van der Waals surface area (Å²) in [6.07, 6.45) is 1.31. The molecule has 0 amide bonds. The standard InChI is InChI=1S/C16H17BrN2O3/c17-13-8-9-15(16(11-13)19(21)22)18-14(7-4-10-20)12-5-2-1-3-6-12/h1-3,5-6,8-9,11,14,18,20H,4,7,10H2. The molecule has 2 aromatic carbocycles. The Morgan fingerprint density at radius 1 is 1.23 bits per heavy atom. The molecular weight excluding hydrogens is 348 g/mol. The molecule has 116 valence electrons. The molecule has 0 aliphatic heterocycles. The summed E-state index contributed by atoms with van der Waals surface area (Å²) >= 11 is 3.25. The van der Waals surface area contributed by atoms with Crippen molar-refractivity contribution in [3.63, 3.8) is 0 Å². The Morgan fingerprint density at radius 2 is 1.95 bits per heavy atom. The van der Waals surface area contributed by atoms with Crippen LogP contribution in [0.2, 0.25) is 0 Å². The zero-order chi connectivity index (χ0) is 15.9. The Labute approximate surface area is 137 Å². The molecule has 6 heteroatoms. The maximum Gasteiger partial charge on any atom is 0.293 e. The third kappa shape index (κ3) is 4.29. The number of nitrogens with one attached hydrogen (secondary N) is 1. The normalized spacial score (nSPS) is 11.9. The molecule has 0 spiro atoms. The first-order valence-electron chi connectivity index (χ1n) is 6.98. The lowest BCUT2D eigenvalue weighted by Gasteiger charge is -2.20. The van der Waals surface area contributed by atoms with Gasteiger partial charge in [0.1, 0.15) is 5.69 Å². The van der Waals surface area contributed by atoms with Gasteiger partial charge in [-0.05, 0) is 30.5 Å². The van der Waals surface area contributed by atoms with Crippen molar-refractivity contribution in [1.82, 2.24) is 0 Å². The molecule has 0 aliphatic rings. The number of hydrogen-bond donors (Lipinski definition) is 2. The first kappa shape index (κ1) is 16.5. The van der Waals surface area contributed by atoms with Gasteiger partial charge < -0.3 is 10.4 Å². The molecule has 2 rings (SSSR count). The lowest BCUT2D eigenvalue weighted by Crippen LogP contribution is -2.12. The number of aliphatic hydroxyl groups excluding tert-OH is 1. The van der Waals surface area contributed by atoms with Crippen molar-refractivity contribution in [2.75, 3.05) is 11.9 Å². The third-order valence-electron chi connectivity index (χ3n) is 3.34. The second kappa shape index (κ2) is 7.91. The monoisotopic (exact) mass is 364 g/mol. The molecule has 0 aromatic heterocycles. The van der Waals surface area contributed by atoms with Gasteiger partial charge in [-0.15, -0.1) is 0 Å². The molecule has 2 aromatic rings. The third-order valence-corrected chi connectivity index (χ3v) is 3.83. The number of nitro groups is 1. The Bertz CT molecular complexity index is 635. The molecule has 0 bridgehead atoms. The zero-order valence-electron chi connectivity index (χ0n) is 11.9. The van der Waals surface area contributed by atoms with Crippen LogP contribution < -0.4 is 5.32 Å². The molecule has 0 radical (unpaired) electrons. The van der Waals surface area contributed by atoms with Gasteiger partial charge in [-0.3, -0.25) is 10.1 Å². The highest BCUT2D eigenvalue weighted by molar-refractivity contribution is 9.10. The fourth-order valence-electron chi connectivity index (χ4n) is 2.27. The molecule has 22 heavy (non-hydrogen) atoms. The van der Waals surface area contributed by atoms with Crippen LogP contribution in [0.3, 0.4) is 0 Å². The highest BCUT2D eigenvalue weighted by Crippen LogP contribution is 2.32. The van der Waals surface area contributed by atoms with Gasteiger partial charge in [0, 0.05) is 17.1 Å². The molecule has 5 nitrogen and oxygen atoms in total. The van der Waals surface area contributed by atoms with E-state index < -0.39 is 4.92 Å². The summed E-state index contributed by atoms with van der Waals surface area (Å²) in [5, 5.41) is 23.5. The van der Waals surface area contributed by atoms with E-state index in [-0.39, 0.29) is 18.3 Å². The average Bonchev–Trinajstić information content (AvgIpc) is 2.53. The van der Waals surface area contributed by atoms with Crippen molar-refractivity contribution in [3.8, 4) is 0 Å². The van der Waals surface area contributed by atoms with Crippen LogP contribution in [0.1, 0.15) is 24.4 Å². The van der Waals surface area contributed by atoms with Gasteiger partial charge in [0.15, 0.2) is 0 Å². The van der Waals surface area contributed by atoms with Gasteiger partial charge in [-0.2, -0.15) is 0 Å². The summed E-state index contributed by atoms with van der Waals surface area (Å²) in [7, 11) is 0. The minimum Gasteiger partial charge on any atom is -0.396 e. The minimum atomic E-state index is -0.402. The van der Waals surface area contributed by atoms with Crippen molar-refractivity contribution in [2.45, 2.75) is 18.9 Å². The number of anilines is 1. The summed E-state index contributed by atoms with van der Waals surface area (Å²) < 4.78 is 0.663. The van der Waals surface area contributed by atoms with Crippen molar-refractivity contribution in [3.05, 3.63) is 68.7 Å². The number of nitrogens with zero attached hydrogens (tertiary/aromatic N) is 1. The van der Waals surface area contributed by atoms with Crippen LogP contribution in [0.4, 0.5) is 11.4 Å². The lowest BCUT2D eigenvalue weighted by atomic mass is 10.0. The molecule has 1 unspecified atom stereocenters. The van der Waals surface area contributed by atoms with Gasteiger partial charge in [-0.25, -0.2) is 0 Å². The Hall–Kier alpha value is -1.92. The van der Waals surface area contributed by atoms with E-state index in [0.717, 1.165) is 5.56 Å². The summed E-state index contributed by atoms with van der Waals surface area (Å²) in [5.41, 5.74) is 1.53. The summed E-state index contributed by atoms with van der Waals surface area (Å²) in [4.78, 5) is 10.8. The van der Waals surface area contributed by atoms with E-state index in [1.807, 2.05) is 30.3 Å². The molecule has 2 N–H and O–H groups in total. The predicted octanol–water partition coefficient (Wildman–Crippen LogP) is 4.28. The van der Waals surface area contributed by atoms with Gasteiger partial charge in [0.25, 0.3) is 5.69 Å². The van der Waals surface area contributed by atoms with Crippen LogP contribution in [0.25, 0.3) is 0 Å². The van der Waals surface area contributed by atoms with Gasteiger partial charge in [0.05, 0.1) is 11.0 Å². The van der Waals surface area contributed by atoms with E-state index in [1.165, 1.54) is 6.07 Å². The molecule has 0 saturated heterocycles. The van der Waals surface area contributed by atoms with E-state index in [0.29, 0.717) is 23.0 Å². The van der Waals surface area contributed by atoms with Crippen LogP contribution in [-0.4, -0.2) is 16.6 Å². The van der Waals surface area contributed by atoms with Crippen molar-refractivity contribution in [2.24, 2.45) is 0 Å². The Balaban J connectivity index is 2.29. The lowest BCUT2D eigenvalue weighted by molar-refractivity contribution is -0.384. The van der Waals surface area contributed by atoms with E-state index in [4.69, 9.17) is 5.11 Å². The van der Waals surface area contributed by atoms with Crippen molar-refractivity contribution >= 4 is 27.3 Å². The van der Waals surface area contributed by atoms with Crippen molar-refractivity contribution < 1.29 is 10.0 Å². The summed E-state index contributed by atoms with van der Waals surface area (Å²) in [5.74, 6) is 0. The Morgan fingerprint density at radius 3 is 2.59 bits per heavy atom. The second-order valence-corrected chi connectivity index (χ2v) is 5.81. The number of hydrogen-bond acceptors (Lipinski definition) is 4. The van der Waals surface area contributed by atoms with E-state index >= 15 is 0 Å². The van der Waals surface area contributed by atoms with Crippen LogP contribution in [-0.2, 0) is 0 Å². The number of nitro benzene ring substituents is 1. The van der Waals surface area contributed by atoms with E-state index in [1.54, 1.807) is 12.1 Å². The summed E-state index contributed by atoms with van der Waals surface area (Å²) in [6.45, 7) is 0.0907. The summed E-state index contributed by atoms with van der Waals surface area (Å²) in [6, 6.07) is 14.6. The van der Waals surface area contributed by atoms with Crippen LogP contribution >= 0.6 is 15.9 Å². The fourth-order valence-corrected chi connectivity index (χ4v) is 2.62. The maximum atomic E-state index is 11.2. The number of rotatable bonds is 7. The molecule has 0 saturated carbocycles. The smallest absolute Gasteiger partial charge is 0.293 e. The van der Waals surface area contributed by atoms with Gasteiger partial charge in [-0.1, -0.05) is 46.3 Å². The number of benzene rings is 2. The predicted molar refractivity (Wildman–Crippen MR) is 89.9 cm³/mol. The zero-order valence-corrected chi connectivity index (χ0v) is 13.5. The average molecular weight is 365 g/mol. The van der Waals surface area contributed by atoms with E-state index in [2.05, 4.69) is 21.2 Å². The van der Waals surface area contributed by atoms with Gasteiger partial charge in [0.2, 0.25) is 0 Å². The van der Waals surface area contributed by atoms with Crippen LogP contribution in [0.15, 0.2) is 53.0 Å². The highest BCUT2D eigenvalue weighted by atomic mass is 79.9. The van der Waals surface area contributed by atoms with Crippen LogP contribution in [0.5, 0.6) is 0 Å². The second-order valence-electron chi connectivity index (χ2n) is 4.89. The SMILES string of the molecule is O=[N+]([O-])c1cc(Br)ccc1NC(CCCO)c1ccccc1. The molecular formula is C16H17BrN2O3. The van der Waals surface area contributed by atoms with Crippen LogP contribution in [0, 0.1) is 10.1 Å². The molecule has 1 atom stereocenters. The quantitative estimate of drug-likeness (QED) is 0.567. The van der Waals surface area contributed by atoms with E-state index in [9.17, 15) is 10.1 Å². The largest absolute Gasteiger partial charge is 0.396 e. The first-order valence-corrected chi connectivity index (χ1v) is 7.77.